The number of aromatic nitrogens is 4. The first kappa shape index (κ1) is 20.3. The number of thioether (sulfide) groups is 1. The van der Waals surface area contributed by atoms with Crippen molar-refractivity contribution in [2.45, 2.75) is 30.7 Å². The second kappa shape index (κ2) is 9.23. The number of hydrogen-bond acceptors (Lipinski definition) is 6. The Morgan fingerprint density at radius 2 is 1.87 bits per heavy atom. The molecule has 1 atom stereocenters. The molecule has 0 aliphatic rings. The van der Waals surface area contributed by atoms with Crippen LogP contribution in [0.5, 0.6) is 0 Å². The molecule has 0 saturated carbocycles. The van der Waals surface area contributed by atoms with E-state index in [1.807, 2.05) is 42.6 Å². The minimum atomic E-state index is -0.361. The van der Waals surface area contributed by atoms with E-state index in [1.54, 1.807) is 0 Å². The molecule has 30 heavy (non-hydrogen) atoms. The van der Waals surface area contributed by atoms with Crippen LogP contribution >= 0.6 is 23.1 Å². The van der Waals surface area contributed by atoms with Crippen LogP contribution in [0.25, 0.3) is 22.6 Å². The molecule has 2 aromatic heterocycles. The molecule has 8 heteroatoms. The van der Waals surface area contributed by atoms with Gasteiger partial charge in [-0.2, -0.15) is 0 Å². The lowest BCUT2D eigenvalue weighted by Crippen LogP contribution is -2.22. The van der Waals surface area contributed by atoms with E-state index < -0.39 is 0 Å². The van der Waals surface area contributed by atoms with Crippen molar-refractivity contribution >= 4 is 34.1 Å². The molecule has 6 nitrogen and oxygen atoms in total. The van der Waals surface area contributed by atoms with E-state index in [0.717, 1.165) is 23.2 Å². The van der Waals surface area contributed by atoms with Gasteiger partial charge in [-0.05, 0) is 18.9 Å². The molecule has 152 valence electrons. The summed E-state index contributed by atoms with van der Waals surface area (Å²) in [4.78, 5) is 21.6. The van der Waals surface area contributed by atoms with Gasteiger partial charge in [-0.25, -0.2) is 9.97 Å². The van der Waals surface area contributed by atoms with Gasteiger partial charge in [-0.15, -0.1) is 16.4 Å². The first-order valence-corrected chi connectivity index (χ1v) is 11.4. The number of rotatable bonds is 7. The van der Waals surface area contributed by atoms with Gasteiger partial charge in [-0.3, -0.25) is 9.89 Å². The smallest absolute Gasteiger partial charge is 0.239 e. The number of benzene rings is 2. The molecule has 4 aromatic rings. The molecule has 0 radical (unpaired) electrons. The average Bonchev–Trinajstić information content (AvgIpc) is 3.44. The Bertz CT molecular complexity index is 1120. The van der Waals surface area contributed by atoms with Crippen LogP contribution < -0.4 is 5.32 Å². The van der Waals surface area contributed by atoms with E-state index in [2.05, 4.69) is 56.7 Å². The molecule has 2 N–H and O–H groups in total. The van der Waals surface area contributed by atoms with E-state index >= 15 is 0 Å². The molecule has 2 aromatic carbocycles. The summed E-state index contributed by atoms with van der Waals surface area (Å²) in [5.74, 6) is 0.553. The van der Waals surface area contributed by atoms with Crippen molar-refractivity contribution in [2.24, 2.45) is 0 Å². The van der Waals surface area contributed by atoms with Crippen molar-refractivity contribution in [1.82, 2.24) is 20.2 Å². The maximum atomic E-state index is 12.6. The van der Waals surface area contributed by atoms with Crippen LogP contribution in [0.4, 0.5) is 5.13 Å². The zero-order chi connectivity index (χ0) is 20.9. The summed E-state index contributed by atoms with van der Waals surface area (Å²) in [7, 11) is 0. The van der Waals surface area contributed by atoms with Gasteiger partial charge in [0.1, 0.15) is 0 Å². The third kappa shape index (κ3) is 4.77. The number of hydrogen-bond donors (Lipinski definition) is 2. The lowest BCUT2D eigenvalue weighted by molar-refractivity contribution is -0.115. The lowest BCUT2D eigenvalue weighted by Gasteiger charge is -2.07. The van der Waals surface area contributed by atoms with E-state index in [9.17, 15) is 4.79 Å². The molecule has 0 saturated heterocycles. The Morgan fingerprint density at radius 1 is 1.10 bits per heavy atom. The predicted octanol–water partition coefficient (Wildman–Crippen LogP) is 5.28. The number of anilines is 1. The number of nitrogens with one attached hydrogen (secondary N) is 2. The highest BCUT2D eigenvalue weighted by atomic mass is 32.2. The summed E-state index contributed by atoms with van der Waals surface area (Å²) >= 11 is 2.72. The number of thiazole rings is 1. The van der Waals surface area contributed by atoms with Gasteiger partial charge in [0, 0.05) is 16.5 Å². The Hall–Kier alpha value is -2.97. The van der Waals surface area contributed by atoms with Crippen molar-refractivity contribution in [1.29, 1.82) is 0 Å². The molecule has 1 amide bonds. The topological polar surface area (TPSA) is 83.6 Å². The molecule has 0 spiro atoms. The number of H-pyrrole nitrogens is 1. The maximum absolute atomic E-state index is 12.6. The van der Waals surface area contributed by atoms with Gasteiger partial charge < -0.3 is 5.32 Å². The van der Waals surface area contributed by atoms with Gasteiger partial charge in [0.05, 0.1) is 10.9 Å². The molecule has 2 heterocycles. The molecule has 0 aliphatic carbocycles. The van der Waals surface area contributed by atoms with Crippen LogP contribution in [0.15, 0.2) is 65.1 Å². The molecular formula is C22H21N5OS2. The highest BCUT2D eigenvalue weighted by molar-refractivity contribution is 8.00. The summed E-state index contributed by atoms with van der Waals surface area (Å²) in [5, 5.41) is 12.7. The molecule has 0 bridgehead atoms. The molecule has 0 fully saturated rings. The predicted molar refractivity (Wildman–Crippen MR) is 123 cm³/mol. The van der Waals surface area contributed by atoms with E-state index in [-0.39, 0.29) is 11.2 Å². The number of aromatic amines is 1. The van der Waals surface area contributed by atoms with Crippen molar-refractivity contribution in [2.75, 3.05) is 5.32 Å². The molecular weight excluding hydrogens is 414 g/mol. The summed E-state index contributed by atoms with van der Waals surface area (Å²) in [6.45, 7) is 3.96. The minimum Gasteiger partial charge on any atom is -0.301 e. The monoisotopic (exact) mass is 435 g/mol. The van der Waals surface area contributed by atoms with E-state index in [0.29, 0.717) is 16.1 Å². The Labute approximate surface area is 183 Å². The highest BCUT2D eigenvalue weighted by Gasteiger charge is 2.19. The normalized spacial score (nSPS) is 11.9. The number of amides is 1. The second-order valence-corrected chi connectivity index (χ2v) is 8.84. The van der Waals surface area contributed by atoms with Gasteiger partial charge in [0.2, 0.25) is 11.1 Å². The lowest BCUT2D eigenvalue weighted by atomic mass is 10.1. The zero-order valence-electron chi connectivity index (χ0n) is 16.6. The fourth-order valence-corrected chi connectivity index (χ4v) is 4.26. The van der Waals surface area contributed by atoms with Gasteiger partial charge in [0.25, 0.3) is 0 Å². The van der Waals surface area contributed by atoms with Crippen molar-refractivity contribution in [3.05, 3.63) is 65.5 Å². The molecule has 0 aliphatic heterocycles. The van der Waals surface area contributed by atoms with Crippen molar-refractivity contribution < 1.29 is 4.79 Å². The maximum Gasteiger partial charge on any atom is 0.239 e. The van der Waals surface area contributed by atoms with Crippen LogP contribution in [0, 0.1) is 0 Å². The molecule has 4 rings (SSSR count). The summed E-state index contributed by atoms with van der Waals surface area (Å²) in [5.41, 5.74) is 4.15. The first-order valence-electron chi connectivity index (χ1n) is 9.62. The van der Waals surface area contributed by atoms with Crippen molar-refractivity contribution in [3.63, 3.8) is 0 Å². The van der Waals surface area contributed by atoms with Crippen LogP contribution in [-0.2, 0) is 11.2 Å². The average molecular weight is 436 g/mol. The fourth-order valence-electron chi connectivity index (χ4n) is 2.82. The number of nitrogens with zero attached hydrogens (tertiary/aromatic N) is 3. The first-order chi connectivity index (χ1) is 14.6. The van der Waals surface area contributed by atoms with Crippen LogP contribution in [-0.4, -0.2) is 31.3 Å². The van der Waals surface area contributed by atoms with Crippen molar-refractivity contribution in [3.8, 4) is 22.6 Å². The quantitative estimate of drug-likeness (QED) is 0.386. The minimum absolute atomic E-state index is 0.131. The SMILES string of the molecule is CCc1ccc(-c2csc(NC(=O)[C@@H](C)Sc3n[nH]c(-c4ccccc4)n3)n2)cc1. The number of carbonyl (C=O) groups excluding carboxylic acids is 1. The number of aryl methyl sites for hydroxylation is 1. The van der Waals surface area contributed by atoms with Gasteiger partial charge in [-0.1, -0.05) is 73.3 Å². The second-order valence-electron chi connectivity index (χ2n) is 6.67. The Kier molecular flexibility index (Phi) is 6.25. The standard InChI is InChI=1S/C22H21N5OS2/c1-3-15-9-11-16(12-10-15)18-13-29-21(23-18)25-20(28)14(2)30-22-24-19(26-27-22)17-7-5-4-6-8-17/h4-14H,3H2,1-2H3,(H,23,25,28)(H,24,26,27)/t14-/m1/s1. The third-order valence-electron chi connectivity index (χ3n) is 4.56. The van der Waals surface area contributed by atoms with E-state index in [1.165, 1.54) is 28.7 Å². The Balaban J connectivity index is 1.37. The fraction of sp³-hybridized carbons (Fsp3) is 0.182. The van der Waals surface area contributed by atoms with E-state index in [4.69, 9.17) is 0 Å². The molecule has 0 unspecified atom stereocenters. The van der Waals surface area contributed by atoms with Gasteiger partial charge in [0.15, 0.2) is 11.0 Å². The van der Waals surface area contributed by atoms with Crippen LogP contribution in [0.2, 0.25) is 0 Å². The van der Waals surface area contributed by atoms with Crippen LogP contribution in [0.1, 0.15) is 19.4 Å². The largest absolute Gasteiger partial charge is 0.301 e. The number of carbonyl (C=O) groups is 1. The highest BCUT2D eigenvalue weighted by Crippen LogP contribution is 2.27. The summed E-state index contributed by atoms with van der Waals surface area (Å²) in [6.07, 6.45) is 1.01. The van der Waals surface area contributed by atoms with Gasteiger partial charge >= 0.3 is 0 Å². The zero-order valence-corrected chi connectivity index (χ0v) is 18.3. The third-order valence-corrected chi connectivity index (χ3v) is 6.27. The Morgan fingerprint density at radius 3 is 2.60 bits per heavy atom. The van der Waals surface area contributed by atoms with Crippen LogP contribution in [0.3, 0.4) is 0 Å². The summed E-state index contributed by atoms with van der Waals surface area (Å²) < 4.78 is 0. The summed E-state index contributed by atoms with van der Waals surface area (Å²) in [6, 6.07) is 18.1.